The van der Waals surface area contributed by atoms with Gasteiger partial charge in [-0.05, 0) is 54.2 Å². The van der Waals surface area contributed by atoms with Gasteiger partial charge in [0.2, 0.25) is 11.8 Å². The first-order chi connectivity index (χ1) is 22.4. The monoisotopic (exact) mass is 637 g/mol. The van der Waals surface area contributed by atoms with Crippen LogP contribution in [0.2, 0.25) is 0 Å². The van der Waals surface area contributed by atoms with Crippen LogP contribution in [0.3, 0.4) is 0 Å². The van der Waals surface area contributed by atoms with Crippen LogP contribution in [0.15, 0.2) is 120 Å². The number of anilines is 1. The van der Waals surface area contributed by atoms with Crippen LogP contribution in [-0.2, 0) is 39.0 Å². The molecule has 1 N–H and O–H groups in total. The minimum absolute atomic E-state index is 0.0552. The van der Waals surface area contributed by atoms with Gasteiger partial charge in [-0.25, -0.2) is 8.42 Å². The minimum atomic E-state index is -4.13. The van der Waals surface area contributed by atoms with Crippen molar-refractivity contribution in [1.82, 2.24) is 10.2 Å². The van der Waals surface area contributed by atoms with Crippen LogP contribution in [0.4, 0.5) is 5.69 Å². The molecule has 4 aromatic carbocycles. The molecule has 240 valence electrons. The quantitative estimate of drug-likeness (QED) is 0.181. The third-order valence-corrected chi connectivity index (χ3v) is 10.4. The molecule has 1 unspecified atom stereocenters. The summed E-state index contributed by atoms with van der Waals surface area (Å²) in [4.78, 5) is 30.5. The van der Waals surface area contributed by atoms with Crippen LogP contribution in [0.5, 0.6) is 0 Å². The van der Waals surface area contributed by atoms with Crippen molar-refractivity contribution in [2.24, 2.45) is 0 Å². The molecule has 5 rings (SSSR count). The summed E-state index contributed by atoms with van der Waals surface area (Å²) < 4.78 is 29.7. The van der Waals surface area contributed by atoms with Crippen molar-refractivity contribution in [2.45, 2.75) is 75.4 Å². The molecule has 0 bridgehead atoms. The molecule has 1 aliphatic carbocycles. The standard InChI is InChI=1S/C38H43N3O4S/c1-2-32-21-15-16-26-35(32)41(46(44,45)34-24-13-6-14-25-34)29-37(42)40(28-31-19-9-4-10-20-31)36(27-30-17-7-3-8-18-30)38(43)39-33-22-11-5-12-23-33/h3-4,6-10,13-21,24-26,33,36H,2,5,11-12,22-23,27-29H2,1H3,(H,39,43). The lowest BCUT2D eigenvalue weighted by molar-refractivity contribution is -0.140. The van der Waals surface area contributed by atoms with E-state index in [4.69, 9.17) is 0 Å². The molecule has 0 saturated heterocycles. The summed E-state index contributed by atoms with van der Waals surface area (Å²) in [5.41, 5.74) is 3.03. The van der Waals surface area contributed by atoms with Gasteiger partial charge in [0, 0.05) is 19.0 Å². The number of amides is 2. The molecule has 8 heteroatoms. The first-order valence-electron chi connectivity index (χ1n) is 16.2. The van der Waals surface area contributed by atoms with E-state index in [1.54, 1.807) is 47.4 Å². The highest BCUT2D eigenvalue weighted by molar-refractivity contribution is 7.92. The zero-order valence-electron chi connectivity index (χ0n) is 26.4. The van der Waals surface area contributed by atoms with E-state index in [0.717, 1.165) is 48.8 Å². The van der Waals surface area contributed by atoms with Crippen LogP contribution < -0.4 is 9.62 Å². The predicted molar refractivity (Wildman–Crippen MR) is 183 cm³/mol. The highest BCUT2D eigenvalue weighted by Gasteiger charge is 2.35. The van der Waals surface area contributed by atoms with Crippen molar-refractivity contribution in [3.8, 4) is 0 Å². The zero-order chi connectivity index (χ0) is 32.4. The topological polar surface area (TPSA) is 86.8 Å². The summed E-state index contributed by atoms with van der Waals surface area (Å²) in [7, 11) is -4.13. The van der Waals surface area contributed by atoms with Crippen LogP contribution in [-0.4, -0.2) is 43.8 Å². The number of aryl methyl sites for hydroxylation is 1. The van der Waals surface area contributed by atoms with Gasteiger partial charge in [0.05, 0.1) is 10.6 Å². The van der Waals surface area contributed by atoms with Gasteiger partial charge in [-0.1, -0.05) is 123 Å². The van der Waals surface area contributed by atoms with Crippen molar-refractivity contribution in [1.29, 1.82) is 0 Å². The number of carbonyl (C=O) groups is 2. The third-order valence-electron chi connectivity index (χ3n) is 8.67. The summed E-state index contributed by atoms with van der Waals surface area (Å²) in [5, 5.41) is 3.26. The molecule has 4 aromatic rings. The van der Waals surface area contributed by atoms with Crippen molar-refractivity contribution < 1.29 is 18.0 Å². The van der Waals surface area contributed by atoms with Crippen molar-refractivity contribution in [3.05, 3.63) is 132 Å². The maximum absolute atomic E-state index is 14.7. The van der Waals surface area contributed by atoms with Gasteiger partial charge in [-0.2, -0.15) is 0 Å². The van der Waals surface area contributed by atoms with E-state index < -0.39 is 28.5 Å². The van der Waals surface area contributed by atoms with Gasteiger partial charge < -0.3 is 10.2 Å². The SMILES string of the molecule is CCc1ccccc1N(CC(=O)N(Cc1ccccc1)C(Cc1ccccc1)C(=O)NC1CCCCC1)S(=O)(=O)c1ccccc1. The number of para-hydroxylation sites is 1. The average Bonchev–Trinajstić information content (AvgIpc) is 3.10. The molecule has 0 aromatic heterocycles. The van der Waals surface area contributed by atoms with Crippen molar-refractivity contribution in [2.75, 3.05) is 10.8 Å². The highest BCUT2D eigenvalue weighted by Crippen LogP contribution is 2.28. The Labute approximate surface area is 273 Å². The second-order valence-corrected chi connectivity index (χ2v) is 13.7. The van der Waals surface area contributed by atoms with Crippen LogP contribution >= 0.6 is 0 Å². The summed E-state index contributed by atoms with van der Waals surface area (Å²) in [6.45, 7) is 1.66. The molecule has 7 nitrogen and oxygen atoms in total. The molecule has 0 heterocycles. The highest BCUT2D eigenvalue weighted by atomic mass is 32.2. The van der Waals surface area contributed by atoms with Crippen LogP contribution in [0.25, 0.3) is 0 Å². The lowest BCUT2D eigenvalue weighted by Crippen LogP contribution is -2.55. The first-order valence-corrected chi connectivity index (χ1v) is 17.6. The predicted octanol–water partition coefficient (Wildman–Crippen LogP) is 6.53. The number of hydrogen-bond acceptors (Lipinski definition) is 4. The Hall–Kier alpha value is -4.43. The summed E-state index contributed by atoms with van der Waals surface area (Å²) in [6.07, 6.45) is 5.98. The second-order valence-electron chi connectivity index (χ2n) is 11.9. The van der Waals surface area contributed by atoms with Crippen molar-refractivity contribution >= 4 is 27.5 Å². The Morgan fingerprint density at radius 1 is 0.761 bits per heavy atom. The number of sulfonamides is 1. The molecule has 46 heavy (non-hydrogen) atoms. The van der Waals surface area contributed by atoms with Gasteiger partial charge in [-0.3, -0.25) is 13.9 Å². The lowest BCUT2D eigenvalue weighted by atomic mass is 9.94. The van der Waals surface area contributed by atoms with Crippen molar-refractivity contribution in [3.63, 3.8) is 0 Å². The Kier molecular flexibility index (Phi) is 11.3. The Bertz CT molecular complexity index is 1680. The molecule has 1 atom stereocenters. The summed E-state index contributed by atoms with van der Waals surface area (Å²) >= 11 is 0. The van der Waals surface area contributed by atoms with Gasteiger partial charge in [0.1, 0.15) is 12.6 Å². The summed E-state index contributed by atoms with van der Waals surface area (Å²) in [5.74, 6) is -0.666. The van der Waals surface area contributed by atoms with E-state index in [9.17, 15) is 18.0 Å². The van der Waals surface area contributed by atoms with Crippen LogP contribution in [0.1, 0.15) is 55.7 Å². The normalized spacial score (nSPS) is 14.3. The van der Waals surface area contributed by atoms with Gasteiger partial charge in [0.25, 0.3) is 10.0 Å². The smallest absolute Gasteiger partial charge is 0.264 e. The first kappa shape index (κ1) is 32.9. The number of nitrogens with one attached hydrogen (secondary N) is 1. The molecule has 2 amide bonds. The molecule has 0 spiro atoms. The van der Waals surface area contributed by atoms with E-state index in [2.05, 4.69) is 5.32 Å². The molecular weight excluding hydrogens is 595 g/mol. The largest absolute Gasteiger partial charge is 0.352 e. The zero-order valence-corrected chi connectivity index (χ0v) is 27.2. The molecular formula is C38H43N3O4S. The van der Waals surface area contributed by atoms with E-state index in [0.29, 0.717) is 18.5 Å². The number of carbonyl (C=O) groups excluding carboxylic acids is 2. The Morgan fingerprint density at radius 3 is 1.96 bits per heavy atom. The van der Waals surface area contributed by atoms with Gasteiger partial charge >= 0.3 is 0 Å². The van der Waals surface area contributed by atoms with Gasteiger partial charge in [-0.15, -0.1) is 0 Å². The number of benzene rings is 4. The molecule has 0 aliphatic heterocycles. The fourth-order valence-electron chi connectivity index (χ4n) is 6.16. The van der Waals surface area contributed by atoms with E-state index >= 15 is 0 Å². The minimum Gasteiger partial charge on any atom is -0.352 e. The molecule has 1 aliphatic rings. The fourth-order valence-corrected chi connectivity index (χ4v) is 7.64. The maximum Gasteiger partial charge on any atom is 0.264 e. The number of nitrogens with zero attached hydrogens (tertiary/aromatic N) is 2. The number of rotatable bonds is 13. The van der Waals surface area contributed by atoms with E-state index in [1.165, 1.54) is 4.31 Å². The van der Waals surface area contributed by atoms with E-state index in [1.807, 2.05) is 79.7 Å². The molecule has 0 radical (unpaired) electrons. The van der Waals surface area contributed by atoms with Gasteiger partial charge in [0.15, 0.2) is 0 Å². The summed E-state index contributed by atoms with van der Waals surface area (Å²) in [6, 6.07) is 33.9. The second kappa shape index (κ2) is 15.7. The number of hydrogen-bond donors (Lipinski definition) is 1. The average molecular weight is 638 g/mol. The van der Waals surface area contributed by atoms with E-state index in [-0.39, 0.29) is 23.4 Å². The molecule has 1 saturated carbocycles. The third kappa shape index (κ3) is 8.23. The Morgan fingerprint density at radius 2 is 1.33 bits per heavy atom. The Balaban J connectivity index is 1.56. The van der Waals surface area contributed by atoms with Crippen LogP contribution in [0, 0.1) is 0 Å². The lowest BCUT2D eigenvalue weighted by Gasteiger charge is -2.35. The molecule has 1 fully saturated rings. The maximum atomic E-state index is 14.7. The fraction of sp³-hybridized carbons (Fsp3) is 0.316.